The van der Waals surface area contributed by atoms with Crippen molar-refractivity contribution in [3.8, 4) is 0 Å². The molecule has 1 rings (SSSR count). The Morgan fingerprint density at radius 3 is 2.67 bits per heavy atom. The van der Waals surface area contributed by atoms with E-state index in [4.69, 9.17) is 21.8 Å². The van der Waals surface area contributed by atoms with Crippen LogP contribution in [0.1, 0.15) is 5.56 Å². The first kappa shape index (κ1) is 12.6. The van der Waals surface area contributed by atoms with E-state index < -0.39 is 16.9 Å². The van der Waals surface area contributed by atoms with Crippen molar-refractivity contribution in [3.05, 3.63) is 34.9 Å². The van der Waals surface area contributed by atoms with Crippen molar-refractivity contribution in [1.82, 2.24) is 0 Å². The van der Waals surface area contributed by atoms with E-state index in [9.17, 15) is 4.21 Å². The average molecular weight is 249 g/mol. The molecule has 0 aromatic heterocycles. The molecule has 1 aromatic rings. The summed E-state index contributed by atoms with van der Waals surface area (Å²) >= 11 is 5.89. The summed E-state index contributed by atoms with van der Waals surface area (Å²) in [5.41, 5.74) is 0.794. The Bertz CT molecular complexity index is 343. The van der Waals surface area contributed by atoms with Gasteiger partial charge in [-0.05, 0) is 11.6 Å². The average Bonchev–Trinajstić information content (AvgIpc) is 2.21. The molecule has 1 aromatic carbocycles. The first-order valence-corrected chi connectivity index (χ1v) is 6.37. The topological polar surface area (TPSA) is 57.5 Å². The van der Waals surface area contributed by atoms with Crippen LogP contribution in [0.3, 0.4) is 0 Å². The maximum Gasteiger partial charge on any atom is 0.0885 e. The number of aliphatic hydroxyl groups is 2. The third kappa shape index (κ3) is 4.30. The predicted octanol–water partition coefficient (Wildman–Crippen LogP) is 0.942. The van der Waals surface area contributed by atoms with E-state index in [2.05, 4.69) is 0 Å². The van der Waals surface area contributed by atoms with Gasteiger partial charge in [-0.25, -0.2) is 0 Å². The smallest absolute Gasteiger partial charge is 0.0885 e. The van der Waals surface area contributed by atoms with Crippen LogP contribution in [0.2, 0.25) is 5.02 Å². The Morgan fingerprint density at radius 2 is 2.07 bits per heavy atom. The van der Waals surface area contributed by atoms with Gasteiger partial charge in [0.05, 0.1) is 24.2 Å². The molecule has 0 spiro atoms. The lowest BCUT2D eigenvalue weighted by atomic mass is 10.2. The number of hydrogen-bond donors (Lipinski definition) is 2. The highest BCUT2D eigenvalue weighted by molar-refractivity contribution is 7.84. The van der Waals surface area contributed by atoms with E-state index >= 15 is 0 Å². The third-order valence-electron chi connectivity index (χ3n) is 1.86. The third-order valence-corrected chi connectivity index (χ3v) is 3.62. The van der Waals surface area contributed by atoms with Crippen LogP contribution < -0.4 is 0 Å². The van der Waals surface area contributed by atoms with Crippen LogP contribution in [0.5, 0.6) is 0 Å². The molecule has 0 bridgehead atoms. The molecular formula is C10H13ClO3S. The highest BCUT2D eigenvalue weighted by Crippen LogP contribution is 2.16. The minimum absolute atomic E-state index is 0.0712. The van der Waals surface area contributed by atoms with Crippen LogP contribution in [-0.4, -0.2) is 32.9 Å². The fourth-order valence-corrected chi connectivity index (χ4v) is 2.65. The first-order chi connectivity index (χ1) is 7.13. The molecule has 2 atom stereocenters. The first-order valence-electron chi connectivity index (χ1n) is 4.50. The van der Waals surface area contributed by atoms with Crippen molar-refractivity contribution < 1.29 is 14.4 Å². The standard InChI is InChI=1S/C10H13ClO3S/c11-10-4-2-1-3-8(10)6-15(14)7-9(13)5-12/h1-4,9,12-13H,5-7H2. The van der Waals surface area contributed by atoms with Gasteiger partial charge in [0.2, 0.25) is 0 Å². The zero-order chi connectivity index (χ0) is 11.3. The lowest BCUT2D eigenvalue weighted by Gasteiger charge is -2.07. The zero-order valence-electron chi connectivity index (χ0n) is 8.10. The van der Waals surface area contributed by atoms with Crippen LogP contribution in [0.25, 0.3) is 0 Å². The Labute approximate surface area is 96.2 Å². The van der Waals surface area contributed by atoms with Crippen LogP contribution in [0.15, 0.2) is 24.3 Å². The summed E-state index contributed by atoms with van der Waals surface area (Å²) in [6, 6.07) is 7.15. The molecule has 2 N–H and O–H groups in total. The van der Waals surface area contributed by atoms with Gasteiger partial charge in [-0.2, -0.15) is 0 Å². The minimum Gasteiger partial charge on any atom is -0.394 e. The largest absolute Gasteiger partial charge is 0.394 e. The fraction of sp³-hybridized carbons (Fsp3) is 0.400. The molecule has 84 valence electrons. The minimum atomic E-state index is -1.21. The number of hydrogen-bond acceptors (Lipinski definition) is 3. The number of benzene rings is 1. The molecule has 0 amide bonds. The van der Waals surface area contributed by atoms with Crippen LogP contribution >= 0.6 is 11.6 Å². The maximum absolute atomic E-state index is 11.5. The normalized spacial score (nSPS) is 14.9. The van der Waals surface area contributed by atoms with Gasteiger partial charge in [-0.15, -0.1) is 0 Å². The van der Waals surface area contributed by atoms with Gasteiger partial charge in [0.25, 0.3) is 0 Å². The Hall–Kier alpha value is -0.420. The summed E-state index contributed by atoms with van der Waals surface area (Å²) in [6.45, 7) is -0.367. The highest BCUT2D eigenvalue weighted by atomic mass is 35.5. The molecule has 15 heavy (non-hydrogen) atoms. The van der Waals surface area contributed by atoms with Crippen molar-refractivity contribution >= 4 is 22.4 Å². The van der Waals surface area contributed by atoms with Gasteiger partial charge in [0, 0.05) is 15.8 Å². The summed E-state index contributed by atoms with van der Waals surface area (Å²) < 4.78 is 11.5. The van der Waals surface area contributed by atoms with Crippen LogP contribution in [0.4, 0.5) is 0 Å². The Balaban J connectivity index is 2.55. The molecule has 2 unspecified atom stereocenters. The highest BCUT2D eigenvalue weighted by Gasteiger charge is 2.10. The lowest BCUT2D eigenvalue weighted by molar-refractivity contribution is 0.113. The van der Waals surface area contributed by atoms with Crippen molar-refractivity contribution in [2.75, 3.05) is 12.4 Å². The number of aliphatic hydroxyl groups excluding tert-OH is 2. The van der Waals surface area contributed by atoms with Gasteiger partial charge in [0.1, 0.15) is 0 Å². The van der Waals surface area contributed by atoms with Crippen molar-refractivity contribution in [2.24, 2.45) is 0 Å². The summed E-state index contributed by atoms with van der Waals surface area (Å²) in [5, 5.41) is 18.3. The molecule has 0 aliphatic heterocycles. The van der Waals surface area contributed by atoms with E-state index in [1.165, 1.54) is 0 Å². The Morgan fingerprint density at radius 1 is 1.40 bits per heavy atom. The van der Waals surface area contributed by atoms with Crippen LogP contribution in [-0.2, 0) is 16.6 Å². The molecule has 0 fully saturated rings. The molecule has 0 radical (unpaired) electrons. The van der Waals surface area contributed by atoms with E-state index in [0.717, 1.165) is 5.56 Å². The van der Waals surface area contributed by atoms with Gasteiger partial charge >= 0.3 is 0 Å². The van der Waals surface area contributed by atoms with Gasteiger partial charge in [-0.3, -0.25) is 4.21 Å². The molecule has 0 saturated carbocycles. The van der Waals surface area contributed by atoms with Crippen molar-refractivity contribution in [3.63, 3.8) is 0 Å². The maximum atomic E-state index is 11.5. The second-order valence-corrected chi connectivity index (χ2v) is 5.09. The van der Waals surface area contributed by atoms with E-state index in [1.54, 1.807) is 18.2 Å². The molecule has 0 aliphatic rings. The summed E-state index contributed by atoms with van der Waals surface area (Å²) in [7, 11) is -1.21. The van der Waals surface area contributed by atoms with Gasteiger partial charge in [-0.1, -0.05) is 29.8 Å². The summed E-state index contributed by atoms with van der Waals surface area (Å²) in [6.07, 6.45) is -0.923. The van der Waals surface area contributed by atoms with E-state index in [0.29, 0.717) is 10.8 Å². The Kier molecular flexibility index (Phi) is 5.25. The van der Waals surface area contributed by atoms with Crippen molar-refractivity contribution in [2.45, 2.75) is 11.9 Å². The second-order valence-electron chi connectivity index (χ2n) is 3.18. The van der Waals surface area contributed by atoms with Gasteiger partial charge in [0.15, 0.2) is 0 Å². The predicted molar refractivity (Wildman–Crippen MR) is 61.3 cm³/mol. The van der Waals surface area contributed by atoms with Crippen LogP contribution in [0, 0.1) is 0 Å². The van der Waals surface area contributed by atoms with E-state index in [1.807, 2.05) is 6.07 Å². The molecule has 5 heteroatoms. The van der Waals surface area contributed by atoms with Crippen molar-refractivity contribution in [1.29, 1.82) is 0 Å². The molecule has 0 saturated heterocycles. The molecule has 0 heterocycles. The molecular weight excluding hydrogens is 236 g/mol. The van der Waals surface area contributed by atoms with E-state index in [-0.39, 0.29) is 12.4 Å². The number of rotatable bonds is 5. The molecule has 0 aliphatic carbocycles. The lowest BCUT2D eigenvalue weighted by Crippen LogP contribution is -2.21. The zero-order valence-corrected chi connectivity index (χ0v) is 9.67. The van der Waals surface area contributed by atoms with Gasteiger partial charge < -0.3 is 10.2 Å². The quantitative estimate of drug-likeness (QED) is 0.816. The fourth-order valence-electron chi connectivity index (χ4n) is 1.12. The summed E-state index contributed by atoms with van der Waals surface area (Å²) in [4.78, 5) is 0. The molecule has 3 nitrogen and oxygen atoms in total. The summed E-state index contributed by atoms with van der Waals surface area (Å²) in [5.74, 6) is 0.373. The second kappa shape index (κ2) is 6.23. The monoisotopic (exact) mass is 248 g/mol. The number of halogens is 1. The SMILES string of the molecule is O=S(Cc1ccccc1Cl)CC(O)CO.